The van der Waals surface area contributed by atoms with E-state index in [2.05, 4.69) is 10.4 Å². The molecular formula is C23H19N3O3. The van der Waals surface area contributed by atoms with Gasteiger partial charge in [-0.25, -0.2) is 4.68 Å². The number of rotatable bonds is 5. The Hall–Kier alpha value is -3.93. The number of carbonyl (C=O) groups excluding carboxylic acids is 1. The summed E-state index contributed by atoms with van der Waals surface area (Å²) in [6.45, 7) is 2.49. The molecule has 144 valence electrons. The molecule has 4 aromatic rings. The summed E-state index contributed by atoms with van der Waals surface area (Å²) < 4.78 is 6.93. The van der Waals surface area contributed by atoms with E-state index in [-0.39, 0.29) is 5.69 Å². The van der Waals surface area contributed by atoms with Gasteiger partial charge in [0, 0.05) is 23.3 Å². The fraction of sp³-hybridized carbons (Fsp3) is 0.0870. The van der Waals surface area contributed by atoms with Gasteiger partial charge in [0.1, 0.15) is 5.75 Å². The van der Waals surface area contributed by atoms with Crippen molar-refractivity contribution in [3.05, 3.63) is 94.9 Å². The van der Waals surface area contributed by atoms with Crippen LogP contribution in [0.15, 0.2) is 83.8 Å². The highest BCUT2D eigenvalue weighted by molar-refractivity contribution is 6.08. The fourth-order valence-corrected chi connectivity index (χ4v) is 3.09. The lowest BCUT2D eigenvalue weighted by atomic mass is 10.1. The largest absolute Gasteiger partial charge is 0.494 e. The molecule has 6 heteroatoms. The van der Waals surface area contributed by atoms with Crippen LogP contribution in [0.25, 0.3) is 16.5 Å². The first-order chi connectivity index (χ1) is 14.2. The highest BCUT2D eigenvalue weighted by Crippen LogP contribution is 2.23. The Morgan fingerprint density at radius 2 is 1.76 bits per heavy atom. The monoisotopic (exact) mass is 385 g/mol. The Balaban J connectivity index is 1.65. The zero-order valence-electron chi connectivity index (χ0n) is 15.8. The Morgan fingerprint density at radius 3 is 2.55 bits per heavy atom. The lowest BCUT2D eigenvalue weighted by molar-refractivity contribution is 0.101. The highest BCUT2D eigenvalue weighted by atomic mass is 16.5. The first kappa shape index (κ1) is 18.4. The number of anilines is 1. The number of ether oxygens (including phenoxy) is 1. The van der Waals surface area contributed by atoms with E-state index in [1.807, 2.05) is 67.6 Å². The normalized spacial score (nSPS) is 10.7. The van der Waals surface area contributed by atoms with E-state index >= 15 is 0 Å². The number of nitrogens with one attached hydrogen (secondary N) is 1. The molecule has 1 aromatic heterocycles. The number of aromatic nitrogens is 2. The second-order valence-corrected chi connectivity index (χ2v) is 6.38. The molecule has 0 radical (unpaired) electrons. The lowest BCUT2D eigenvalue weighted by Crippen LogP contribution is -2.25. The molecule has 6 nitrogen and oxygen atoms in total. The molecular weight excluding hydrogens is 366 g/mol. The summed E-state index contributed by atoms with van der Waals surface area (Å²) >= 11 is 0. The zero-order valence-corrected chi connectivity index (χ0v) is 15.8. The van der Waals surface area contributed by atoms with Gasteiger partial charge in [0.05, 0.1) is 12.3 Å². The smallest absolute Gasteiger partial charge is 0.280 e. The molecule has 0 atom stereocenters. The summed E-state index contributed by atoms with van der Waals surface area (Å²) in [5.74, 6) is 0.192. The molecule has 3 aromatic carbocycles. The topological polar surface area (TPSA) is 73.2 Å². The van der Waals surface area contributed by atoms with Gasteiger partial charge in [0.25, 0.3) is 5.91 Å². The zero-order chi connectivity index (χ0) is 20.2. The highest BCUT2D eigenvalue weighted by Gasteiger charge is 2.15. The van der Waals surface area contributed by atoms with Gasteiger partial charge in [-0.15, -0.1) is 0 Å². The molecule has 29 heavy (non-hydrogen) atoms. The van der Waals surface area contributed by atoms with Crippen molar-refractivity contribution in [3.63, 3.8) is 0 Å². The van der Waals surface area contributed by atoms with Gasteiger partial charge >= 0.3 is 0 Å². The molecule has 0 aliphatic rings. The third-order valence-corrected chi connectivity index (χ3v) is 4.47. The minimum absolute atomic E-state index is 0.172. The molecule has 0 aliphatic carbocycles. The molecule has 1 amide bonds. The SMILES string of the molecule is CCOc1ccc(-n2ccc(=O)c(C(=O)Nc3cccc4ccccc34)n2)cc1. The van der Waals surface area contributed by atoms with E-state index in [9.17, 15) is 9.59 Å². The molecule has 0 unspecified atom stereocenters. The van der Waals surface area contributed by atoms with Crippen molar-refractivity contribution in [1.82, 2.24) is 9.78 Å². The standard InChI is InChI=1S/C23H19N3O3/c1-2-29-18-12-10-17(11-13-18)26-15-14-21(27)22(25-26)23(28)24-20-9-5-7-16-6-3-4-8-19(16)20/h3-15H,2H2,1H3,(H,24,28). The Morgan fingerprint density at radius 1 is 1.00 bits per heavy atom. The maximum Gasteiger partial charge on any atom is 0.280 e. The van der Waals surface area contributed by atoms with Crippen molar-refractivity contribution in [2.24, 2.45) is 0 Å². The number of hydrogen-bond acceptors (Lipinski definition) is 4. The summed E-state index contributed by atoms with van der Waals surface area (Å²) in [5.41, 5.74) is 0.734. The number of benzene rings is 3. The van der Waals surface area contributed by atoms with Gasteiger partial charge in [0.15, 0.2) is 5.69 Å². The third-order valence-electron chi connectivity index (χ3n) is 4.47. The van der Waals surface area contributed by atoms with Crippen molar-refractivity contribution in [2.45, 2.75) is 6.92 Å². The van der Waals surface area contributed by atoms with Crippen LogP contribution in [0.5, 0.6) is 5.75 Å². The Bertz CT molecular complexity index is 1220. The number of amides is 1. The lowest BCUT2D eigenvalue weighted by Gasteiger charge is -2.10. The molecule has 1 N–H and O–H groups in total. The van der Waals surface area contributed by atoms with Gasteiger partial charge < -0.3 is 10.1 Å². The maximum atomic E-state index is 12.8. The van der Waals surface area contributed by atoms with E-state index in [1.54, 1.807) is 6.07 Å². The van der Waals surface area contributed by atoms with Crippen molar-refractivity contribution >= 4 is 22.4 Å². The van der Waals surface area contributed by atoms with E-state index < -0.39 is 11.3 Å². The van der Waals surface area contributed by atoms with Crippen molar-refractivity contribution < 1.29 is 9.53 Å². The molecule has 0 fully saturated rings. The van der Waals surface area contributed by atoms with Gasteiger partial charge in [-0.1, -0.05) is 36.4 Å². The predicted molar refractivity (Wildman–Crippen MR) is 113 cm³/mol. The molecule has 4 rings (SSSR count). The van der Waals surface area contributed by atoms with Crippen LogP contribution >= 0.6 is 0 Å². The molecule has 0 bridgehead atoms. The summed E-state index contributed by atoms with van der Waals surface area (Å²) in [6, 6.07) is 21.9. The number of fused-ring (bicyclic) bond motifs is 1. The maximum absolute atomic E-state index is 12.8. The van der Waals surface area contributed by atoms with Gasteiger partial charge in [-0.3, -0.25) is 9.59 Å². The van der Waals surface area contributed by atoms with Crippen molar-refractivity contribution in [2.75, 3.05) is 11.9 Å². The Labute approximate surface area is 167 Å². The molecule has 1 heterocycles. The van der Waals surface area contributed by atoms with Gasteiger partial charge in [-0.05, 0) is 42.6 Å². The number of carbonyl (C=O) groups is 1. The van der Waals surface area contributed by atoms with Crippen LogP contribution < -0.4 is 15.5 Å². The first-order valence-corrected chi connectivity index (χ1v) is 9.28. The third kappa shape index (κ3) is 3.87. The number of hydrogen-bond donors (Lipinski definition) is 1. The van der Waals surface area contributed by atoms with Crippen LogP contribution in [0.4, 0.5) is 5.69 Å². The van der Waals surface area contributed by atoms with Crippen LogP contribution in [-0.2, 0) is 0 Å². The average molecular weight is 385 g/mol. The van der Waals surface area contributed by atoms with E-state index in [0.29, 0.717) is 18.0 Å². The summed E-state index contributed by atoms with van der Waals surface area (Å²) in [4.78, 5) is 25.1. The van der Waals surface area contributed by atoms with Gasteiger partial charge in [0.2, 0.25) is 5.43 Å². The minimum Gasteiger partial charge on any atom is -0.494 e. The quantitative estimate of drug-likeness (QED) is 0.563. The number of nitrogens with zero attached hydrogens (tertiary/aromatic N) is 2. The van der Waals surface area contributed by atoms with Crippen LogP contribution in [-0.4, -0.2) is 22.3 Å². The minimum atomic E-state index is -0.549. The molecule has 0 saturated heterocycles. The molecule has 0 saturated carbocycles. The van der Waals surface area contributed by atoms with Crippen molar-refractivity contribution in [1.29, 1.82) is 0 Å². The summed E-state index contributed by atoms with van der Waals surface area (Å²) in [6.07, 6.45) is 1.53. The van der Waals surface area contributed by atoms with Crippen LogP contribution in [0, 0.1) is 0 Å². The van der Waals surface area contributed by atoms with Crippen LogP contribution in [0.3, 0.4) is 0 Å². The van der Waals surface area contributed by atoms with Crippen molar-refractivity contribution in [3.8, 4) is 11.4 Å². The molecule has 0 aliphatic heterocycles. The van der Waals surface area contributed by atoms with E-state index in [4.69, 9.17) is 4.74 Å². The molecule has 0 spiro atoms. The average Bonchev–Trinajstić information content (AvgIpc) is 2.75. The summed E-state index contributed by atoms with van der Waals surface area (Å²) in [5, 5.41) is 8.95. The predicted octanol–water partition coefficient (Wildman–Crippen LogP) is 4.04. The first-order valence-electron chi connectivity index (χ1n) is 9.28. The fourth-order valence-electron chi connectivity index (χ4n) is 3.09. The summed E-state index contributed by atoms with van der Waals surface area (Å²) in [7, 11) is 0. The Kier molecular flexibility index (Phi) is 5.07. The van der Waals surface area contributed by atoms with Crippen LogP contribution in [0.2, 0.25) is 0 Å². The second kappa shape index (κ2) is 7.98. The second-order valence-electron chi connectivity index (χ2n) is 6.38. The van der Waals surface area contributed by atoms with Gasteiger partial charge in [-0.2, -0.15) is 5.10 Å². The van der Waals surface area contributed by atoms with E-state index in [0.717, 1.165) is 16.5 Å². The van der Waals surface area contributed by atoms with E-state index in [1.165, 1.54) is 16.9 Å². The van der Waals surface area contributed by atoms with Crippen LogP contribution in [0.1, 0.15) is 17.4 Å².